The third-order valence-corrected chi connectivity index (χ3v) is 4.82. The molecular weight excluding hydrogens is 332 g/mol. The van der Waals surface area contributed by atoms with Crippen LogP contribution in [0.5, 0.6) is 0 Å². The fraction of sp³-hybridized carbons (Fsp3) is 0.571. The molecule has 26 heavy (non-hydrogen) atoms. The molecule has 0 aromatic carbocycles. The van der Waals surface area contributed by atoms with Gasteiger partial charge in [0.25, 0.3) is 0 Å². The highest BCUT2D eigenvalue weighted by Crippen LogP contribution is 2.34. The number of fused-ring (bicyclic) bond motifs is 1. The summed E-state index contributed by atoms with van der Waals surface area (Å²) in [5.41, 5.74) is -0.370. The predicted octanol–water partition coefficient (Wildman–Crippen LogP) is 4.41. The van der Waals surface area contributed by atoms with Crippen molar-refractivity contribution >= 4 is 5.97 Å². The lowest BCUT2D eigenvalue weighted by atomic mass is 9.92. The van der Waals surface area contributed by atoms with Gasteiger partial charge in [-0.2, -0.15) is 0 Å². The Balaban J connectivity index is 2.08. The summed E-state index contributed by atoms with van der Waals surface area (Å²) in [7, 11) is 0. The van der Waals surface area contributed by atoms with E-state index < -0.39 is 5.60 Å². The molecule has 5 heteroatoms. The van der Waals surface area contributed by atoms with E-state index in [1.165, 1.54) is 6.08 Å². The van der Waals surface area contributed by atoms with Crippen LogP contribution in [-0.2, 0) is 9.53 Å². The fourth-order valence-corrected chi connectivity index (χ4v) is 3.20. The number of aliphatic hydroxyl groups excluding tert-OH is 2. The van der Waals surface area contributed by atoms with Gasteiger partial charge in [-0.3, -0.25) is 4.79 Å². The maximum absolute atomic E-state index is 11.6. The molecule has 0 unspecified atom stereocenters. The summed E-state index contributed by atoms with van der Waals surface area (Å²) < 4.78 is 5.21. The molecule has 0 amide bonds. The second-order valence-electron chi connectivity index (χ2n) is 7.28. The van der Waals surface area contributed by atoms with Gasteiger partial charge in [0.15, 0.2) is 0 Å². The lowest BCUT2D eigenvalue weighted by Gasteiger charge is -2.20. The lowest BCUT2D eigenvalue weighted by Crippen LogP contribution is -2.20. The van der Waals surface area contributed by atoms with E-state index in [9.17, 15) is 20.1 Å². The molecule has 2 atom stereocenters. The van der Waals surface area contributed by atoms with Crippen molar-refractivity contribution in [3.63, 3.8) is 0 Å². The average Bonchev–Trinajstić information content (AvgIpc) is 2.84. The number of hydrogen-bond acceptors (Lipinski definition) is 5. The van der Waals surface area contributed by atoms with Gasteiger partial charge in [-0.25, -0.2) is 0 Å². The van der Waals surface area contributed by atoms with Crippen molar-refractivity contribution in [1.29, 1.82) is 0 Å². The molecule has 0 saturated heterocycles. The molecule has 1 heterocycles. The molecular formula is C21H30O5. The van der Waals surface area contributed by atoms with Crippen LogP contribution in [0.4, 0.5) is 0 Å². The number of rotatable bonds is 0. The Labute approximate surface area is 155 Å². The van der Waals surface area contributed by atoms with E-state index in [2.05, 4.69) is 0 Å². The highest BCUT2D eigenvalue weighted by Gasteiger charge is 2.26. The normalized spacial score (nSPS) is 32.0. The van der Waals surface area contributed by atoms with Crippen molar-refractivity contribution in [2.45, 2.75) is 63.9 Å². The van der Waals surface area contributed by atoms with Crippen molar-refractivity contribution in [3.05, 3.63) is 47.5 Å². The number of carbonyl (C=O) groups excluding carboxylic acids is 1. The Kier molecular flexibility index (Phi) is 7.51. The SMILES string of the molecule is C[C@@]1(O)/C=C/C2=C(O)C=C(O)[C@@H]2C/C=C\CCCC(=O)OCCCCC1. The van der Waals surface area contributed by atoms with Gasteiger partial charge in [0.05, 0.1) is 12.2 Å². The molecule has 0 spiro atoms. The van der Waals surface area contributed by atoms with Gasteiger partial charge in [0.2, 0.25) is 0 Å². The molecule has 0 fully saturated rings. The zero-order valence-electron chi connectivity index (χ0n) is 15.5. The van der Waals surface area contributed by atoms with Crippen LogP contribution in [0, 0.1) is 5.92 Å². The highest BCUT2D eigenvalue weighted by molar-refractivity contribution is 5.69. The van der Waals surface area contributed by atoms with Crippen molar-refractivity contribution in [3.8, 4) is 0 Å². The molecule has 0 bridgehead atoms. The van der Waals surface area contributed by atoms with Gasteiger partial charge < -0.3 is 20.1 Å². The lowest BCUT2D eigenvalue weighted by molar-refractivity contribution is -0.143. The van der Waals surface area contributed by atoms with Crippen LogP contribution < -0.4 is 0 Å². The second kappa shape index (κ2) is 9.62. The largest absolute Gasteiger partial charge is 0.512 e. The van der Waals surface area contributed by atoms with Crippen molar-refractivity contribution in [1.82, 2.24) is 0 Å². The number of allylic oxidation sites excluding steroid dienone is 5. The zero-order chi connectivity index (χ0) is 19.0. The first-order valence-electron chi connectivity index (χ1n) is 9.45. The molecule has 5 nitrogen and oxygen atoms in total. The van der Waals surface area contributed by atoms with Crippen LogP contribution in [0.1, 0.15) is 58.3 Å². The van der Waals surface area contributed by atoms with Crippen LogP contribution in [0.15, 0.2) is 47.5 Å². The van der Waals surface area contributed by atoms with E-state index in [4.69, 9.17) is 4.74 Å². The molecule has 144 valence electrons. The predicted molar refractivity (Wildman–Crippen MR) is 101 cm³/mol. The van der Waals surface area contributed by atoms with E-state index in [0.717, 1.165) is 32.1 Å². The Morgan fingerprint density at radius 3 is 2.77 bits per heavy atom. The molecule has 2 aliphatic rings. The molecule has 0 saturated carbocycles. The second-order valence-corrected chi connectivity index (χ2v) is 7.28. The summed E-state index contributed by atoms with van der Waals surface area (Å²) in [4.78, 5) is 11.6. The molecule has 0 aromatic rings. The number of esters is 1. The minimum absolute atomic E-state index is 0.0464. The fourth-order valence-electron chi connectivity index (χ4n) is 3.20. The Bertz CT molecular complexity index is 610. The first-order valence-corrected chi connectivity index (χ1v) is 9.45. The Hall–Kier alpha value is -2.01. The van der Waals surface area contributed by atoms with E-state index in [1.54, 1.807) is 19.1 Å². The van der Waals surface area contributed by atoms with Crippen LogP contribution in [0.2, 0.25) is 0 Å². The van der Waals surface area contributed by atoms with Gasteiger partial charge in [-0.1, -0.05) is 30.7 Å². The van der Waals surface area contributed by atoms with Gasteiger partial charge in [0, 0.05) is 24.0 Å². The van der Waals surface area contributed by atoms with Gasteiger partial charge in [-0.05, 0) is 45.4 Å². The Morgan fingerprint density at radius 1 is 1.15 bits per heavy atom. The van der Waals surface area contributed by atoms with Crippen LogP contribution in [-0.4, -0.2) is 33.5 Å². The maximum atomic E-state index is 11.6. The zero-order valence-corrected chi connectivity index (χ0v) is 15.5. The van der Waals surface area contributed by atoms with Crippen LogP contribution >= 0.6 is 0 Å². The first kappa shape index (κ1) is 20.3. The number of aliphatic hydroxyl groups is 3. The molecule has 0 aromatic heterocycles. The first-order chi connectivity index (χ1) is 12.4. The minimum Gasteiger partial charge on any atom is -0.512 e. The third kappa shape index (κ3) is 6.37. The molecule has 1 aliphatic heterocycles. The van der Waals surface area contributed by atoms with Crippen molar-refractivity contribution in [2.75, 3.05) is 6.61 Å². The van der Waals surface area contributed by atoms with E-state index in [1.807, 2.05) is 12.2 Å². The highest BCUT2D eigenvalue weighted by atomic mass is 16.5. The summed E-state index contributed by atoms with van der Waals surface area (Å²) in [6.45, 7) is 2.16. The molecule has 0 radical (unpaired) electrons. The monoisotopic (exact) mass is 362 g/mol. The quantitative estimate of drug-likeness (QED) is 0.439. The molecule has 2 rings (SSSR count). The summed E-state index contributed by atoms with van der Waals surface area (Å²) >= 11 is 0. The molecule has 1 aliphatic carbocycles. The van der Waals surface area contributed by atoms with E-state index in [0.29, 0.717) is 31.4 Å². The standard InChI is InChI=1S/C21H30O5/c1-21(25)12-7-4-8-14-26-20(24)10-6-3-2-5-9-16-17(11-13-21)19(23)15-18(16)22/h2,5,11,13,15-16,22-23,25H,3-4,6-10,12,14H2,1H3/b5-2-,13-11+/t16-,21+/m1/s1. The molecule has 3 N–H and O–H groups in total. The smallest absolute Gasteiger partial charge is 0.305 e. The summed E-state index contributed by atoms with van der Waals surface area (Å²) in [6.07, 6.45) is 14.2. The Morgan fingerprint density at radius 2 is 1.96 bits per heavy atom. The van der Waals surface area contributed by atoms with Crippen LogP contribution in [0.3, 0.4) is 0 Å². The summed E-state index contributed by atoms with van der Waals surface area (Å²) in [6, 6.07) is 0. The number of ether oxygens (including phenoxy) is 1. The van der Waals surface area contributed by atoms with E-state index >= 15 is 0 Å². The minimum atomic E-state index is -0.992. The van der Waals surface area contributed by atoms with Crippen molar-refractivity contribution in [2.24, 2.45) is 5.92 Å². The van der Waals surface area contributed by atoms with Gasteiger partial charge in [0.1, 0.15) is 11.5 Å². The van der Waals surface area contributed by atoms with Gasteiger partial charge in [-0.15, -0.1) is 0 Å². The van der Waals surface area contributed by atoms with Crippen LogP contribution in [0.25, 0.3) is 0 Å². The number of hydrogen-bond donors (Lipinski definition) is 3. The number of carbonyl (C=O) groups is 1. The maximum Gasteiger partial charge on any atom is 0.305 e. The third-order valence-electron chi connectivity index (χ3n) is 4.82. The average molecular weight is 362 g/mol. The number of cyclic esters (lactones) is 1. The van der Waals surface area contributed by atoms with E-state index in [-0.39, 0.29) is 23.4 Å². The topological polar surface area (TPSA) is 87.0 Å². The summed E-state index contributed by atoms with van der Waals surface area (Å²) in [5.74, 6) is -0.294. The van der Waals surface area contributed by atoms with Gasteiger partial charge >= 0.3 is 5.97 Å². The van der Waals surface area contributed by atoms with Crippen molar-refractivity contribution < 1.29 is 24.9 Å². The summed E-state index contributed by atoms with van der Waals surface area (Å²) in [5, 5.41) is 30.7.